The van der Waals surface area contributed by atoms with E-state index >= 15 is 0 Å². The zero-order chi connectivity index (χ0) is 12.3. The van der Waals surface area contributed by atoms with Gasteiger partial charge < -0.3 is 10.9 Å². The zero-order valence-corrected chi connectivity index (χ0v) is 10.1. The Kier molecular flexibility index (Phi) is 3.63. The standard InChI is InChI=1S/C11H19N5O/c1-15-6-4-10(13-15)9-3-2-5-16(7-9)8-11(12)14-17/h4,6,9,17H,2-3,5,7-8H2,1H3,(H2,12,14)/t9-/m0/s1. The van der Waals surface area contributed by atoms with E-state index in [4.69, 9.17) is 10.9 Å². The van der Waals surface area contributed by atoms with Crippen LogP contribution in [-0.4, -0.2) is 45.4 Å². The molecule has 94 valence electrons. The van der Waals surface area contributed by atoms with Crippen molar-refractivity contribution < 1.29 is 5.21 Å². The van der Waals surface area contributed by atoms with Crippen LogP contribution in [0, 0.1) is 0 Å². The number of piperidine rings is 1. The summed E-state index contributed by atoms with van der Waals surface area (Å²) in [5, 5.41) is 16.0. The number of nitrogens with zero attached hydrogens (tertiary/aromatic N) is 4. The molecule has 1 aliphatic heterocycles. The Morgan fingerprint density at radius 2 is 2.53 bits per heavy atom. The number of rotatable bonds is 3. The molecular formula is C11H19N5O. The topological polar surface area (TPSA) is 79.7 Å². The van der Waals surface area contributed by atoms with Crippen molar-refractivity contribution in [1.82, 2.24) is 14.7 Å². The first kappa shape index (κ1) is 11.9. The van der Waals surface area contributed by atoms with Gasteiger partial charge in [-0.1, -0.05) is 5.16 Å². The van der Waals surface area contributed by atoms with Crippen molar-refractivity contribution in [2.45, 2.75) is 18.8 Å². The molecule has 0 aliphatic carbocycles. The quantitative estimate of drug-likeness (QED) is 0.344. The lowest BCUT2D eigenvalue weighted by Crippen LogP contribution is -2.40. The summed E-state index contributed by atoms with van der Waals surface area (Å²) in [6, 6.07) is 2.07. The van der Waals surface area contributed by atoms with Gasteiger partial charge in [0.15, 0.2) is 5.84 Å². The van der Waals surface area contributed by atoms with Crippen molar-refractivity contribution in [1.29, 1.82) is 0 Å². The second-order valence-electron chi connectivity index (χ2n) is 4.58. The zero-order valence-electron chi connectivity index (χ0n) is 10.1. The van der Waals surface area contributed by atoms with Gasteiger partial charge in [-0.3, -0.25) is 9.58 Å². The smallest absolute Gasteiger partial charge is 0.153 e. The lowest BCUT2D eigenvalue weighted by molar-refractivity contribution is 0.227. The van der Waals surface area contributed by atoms with Crippen LogP contribution in [0.15, 0.2) is 17.4 Å². The van der Waals surface area contributed by atoms with Crippen LogP contribution in [0.25, 0.3) is 0 Å². The van der Waals surface area contributed by atoms with Crippen molar-refractivity contribution in [2.75, 3.05) is 19.6 Å². The van der Waals surface area contributed by atoms with E-state index in [0.29, 0.717) is 12.5 Å². The van der Waals surface area contributed by atoms with Crippen LogP contribution in [0.2, 0.25) is 0 Å². The lowest BCUT2D eigenvalue weighted by atomic mass is 9.95. The summed E-state index contributed by atoms with van der Waals surface area (Å²) in [6.07, 6.45) is 4.25. The lowest BCUT2D eigenvalue weighted by Gasteiger charge is -2.31. The predicted octanol–water partition coefficient (Wildman–Crippen LogP) is 0.346. The monoisotopic (exact) mass is 237 g/mol. The highest BCUT2D eigenvalue weighted by atomic mass is 16.4. The molecular weight excluding hydrogens is 218 g/mol. The van der Waals surface area contributed by atoms with Crippen LogP contribution in [-0.2, 0) is 7.05 Å². The highest BCUT2D eigenvalue weighted by molar-refractivity contribution is 5.81. The SMILES string of the molecule is Cn1ccc([C@H]2CCCN(CC(N)=NO)C2)n1. The van der Waals surface area contributed by atoms with E-state index in [1.807, 2.05) is 17.9 Å². The maximum Gasteiger partial charge on any atom is 0.153 e. The molecule has 0 radical (unpaired) electrons. The highest BCUT2D eigenvalue weighted by Crippen LogP contribution is 2.25. The van der Waals surface area contributed by atoms with E-state index in [1.165, 1.54) is 0 Å². The Hall–Kier alpha value is -1.56. The van der Waals surface area contributed by atoms with Gasteiger partial charge in [0.25, 0.3) is 0 Å². The van der Waals surface area contributed by atoms with Gasteiger partial charge in [-0.05, 0) is 25.5 Å². The van der Waals surface area contributed by atoms with E-state index in [0.717, 1.165) is 31.6 Å². The molecule has 1 fully saturated rings. The average Bonchev–Trinajstić information content (AvgIpc) is 2.76. The Bertz CT molecular complexity index is 400. The number of oxime groups is 1. The molecule has 0 saturated carbocycles. The van der Waals surface area contributed by atoms with Crippen LogP contribution < -0.4 is 5.73 Å². The normalized spacial score (nSPS) is 22.9. The molecule has 6 heteroatoms. The maximum atomic E-state index is 8.57. The number of aryl methyl sites for hydroxylation is 1. The van der Waals surface area contributed by atoms with Gasteiger partial charge in [0.1, 0.15) is 0 Å². The molecule has 1 atom stereocenters. The molecule has 3 N–H and O–H groups in total. The fourth-order valence-corrected chi connectivity index (χ4v) is 2.35. The molecule has 0 aromatic carbocycles. The fraction of sp³-hybridized carbons (Fsp3) is 0.636. The highest BCUT2D eigenvalue weighted by Gasteiger charge is 2.23. The predicted molar refractivity (Wildman–Crippen MR) is 65.0 cm³/mol. The number of hydrogen-bond donors (Lipinski definition) is 2. The summed E-state index contributed by atoms with van der Waals surface area (Å²) < 4.78 is 1.83. The second kappa shape index (κ2) is 5.18. The van der Waals surface area contributed by atoms with Gasteiger partial charge in [-0.25, -0.2) is 0 Å². The summed E-state index contributed by atoms with van der Waals surface area (Å²) in [5.74, 6) is 0.725. The number of amidine groups is 1. The van der Waals surface area contributed by atoms with Gasteiger partial charge in [-0.2, -0.15) is 5.10 Å². The minimum Gasteiger partial charge on any atom is -0.409 e. The first-order valence-electron chi connectivity index (χ1n) is 5.87. The van der Waals surface area contributed by atoms with Crippen molar-refractivity contribution in [3.8, 4) is 0 Å². The summed E-state index contributed by atoms with van der Waals surface area (Å²) >= 11 is 0. The third-order valence-corrected chi connectivity index (χ3v) is 3.17. The number of likely N-dealkylation sites (tertiary alicyclic amines) is 1. The largest absolute Gasteiger partial charge is 0.409 e. The summed E-state index contributed by atoms with van der Waals surface area (Å²) in [6.45, 7) is 2.45. The molecule has 2 heterocycles. The van der Waals surface area contributed by atoms with Crippen LogP contribution >= 0.6 is 0 Å². The van der Waals surface area contributed by atoms with Crippen LogP contribution in [0.1, 0.15) is 24.5 Å². The molecule has 2 rings (SSSR count). The molecule has 0 unspecified atom stereocenters. The molecule has 1 saturated heterocycles. The molecule has 1 aromatic rings. The summed E-state index contributed by atoms with van der Waals surface area (Å²) in [4.78, 5) is 2.21. The van der Waals surface area contributed by atoms with Gasteiger partial charge in [0, 0.05) is 25.7 Å². The first-order chi connectivity index (χ1) is 8.19. The van der Waals surface area contributed by atoms with Gasteiger partial charge in [0.05, 0.1) is 12.2 Å². The van der Waals surface area contributed by atoms with E-state index < -0.39 is 0 Å². The summed E-state index contributed by atoms with van der Waals surface area (Å²) in [5.41, 5.74) is 6.67. The molecule has 1 aromatic heterocycles. The molecule has 0 amide bonds. The van der Waals surface area contributed by atoms with E-state index in [1.54, 1.807) is 0 Å². The van der Waals surface area contributed by atoms with E-state index in [9.17, 15) is 0 Å². The van der Waals surface area contributed by atoms with Crippen LogP contribution in [0.5, 0.6) is 0 Å². The molecule has 1 aliphatic rings. The second-order valence-corrected chi connectivity index (χ2v) is 4.58. The van der Waals surface area contributed by atoms with Crippen LogP contribution in [0.3, 0.4) is 0 Å². The van der Waals surface area contributed by atoms with Crippen molar-refractivity contribution >= 4 is 5.84 Å². The maximum absolute atomic E-state index is 8.57. The minimum absolute atomic E-state index is 0.270. The van der Waals surface area contributed by atoms with Gasteiger partial charge in [0.2, 0.25) is 0 Å². The van der Waals surface area contributed by atoms with E-state index in [2.05, 4.69) is 21.2 Å². The number of hydrogen-bond acceptors (Lipinski definition) is 4. The average molecular weight is 237 g/mol. The Labute approximate surface area is 101 Å². The Morgan fingerprint density at radius 3 is 3.18 bits per heavy atom. The minimum atomic E-state index is 0.270. The molecule has 17 heavy (non-hydrogen) atoms. The van der Waals surface area contributed by atoms with Gasteiger partial charge in [-0.15, -0.1) is 0 Å². The Balaban J connectivity index is 1.97. The molecule has 0 spiro atoms. The third-order valence-electron chi connectivity index (χ3n) is 3.17. The van der Waals surface area contributed by atoms with E-state index in [-0.39, 0.29) is 5.84 Å². The van der Waals surface area contributed by atoms with Crippen molar-refractivity contribution in [2.24, 2.45) is 17.9 Å². The van der Waals surface area contributed by atoms with Crippen molar-refractivity contribution in [3.05, 3.63) is 18.0 Å². The number of aromatic nitrogens is 2. The van der Waals surface area contributed by atoms with Gasteiger partial charge >= 0.3 is 0 Å². The molecule has 6 nitrogen and oxygen atoms in total. The number of nitrogens with two attached hydrogens (primary N) is 1. The third kappa shape index (κ3) is 2.97. The van der Waals surface area contributed by atoms with Crippen LogP contribution in [0.4, 0.5) is 0 Å². The molecule has 0 bridgehead atoms. The summed E-state index contributed by atoms with van der Waals surface area (Å²) in [7, 11) is 1.93. The first-order valence-corrected chi connectivity index (χ1v) is 5.87. The van der Waals surface area contributed by atoms with Crippen molar-refractivity contribution in [3.63, 3.8) is 0 Å². The Morgan fingerprint density at radius 1 is 1.71 bits per heavy atom. The fourth-order valence-electron chi connectivity index (χ4n) is 2.35.